The van der Waals surface area contributed by atoms with Crippen molar-refractivity contribution >= 4 is 11.8 Å². The normalized spacial score (nSPS) is 21.1. The Balaban J connectivity index is 2.60. The monoisotopic (exact) mass is 208 g/mol. The predicted molar refractivity (Wildman–Crippen MR) is 56.9 cm³/mol. The quantitative estimate of drug-likeness (QED) is 0.668. The van der Waals surface area contributed by atoms with Gasteiger partial charge in [0.25, 0.3) is 0 Å². The Morgan fingerprint density at radius 1 is 1.60 bits per heavy atom. The number of carbonyl (C=O) groups is 2. The van der Waals surface area contributed by atoms with E-state index >= 15 is 0 Å². The minimum atomic E-state index is -0.353. The largest absolute Gasteiger partial charge is 0.343 e. The lowest BCUT2D eigenvalue weighted by Gasteiger charge is -2.32. The van der Waals surface area contributed by atoms with Crippen molar-refractivity contribution in [3.63, 3.8) is 0 Å². The molecule has 2 amide bonds. The van der Waals surface area contributed by atoms with Crippen molar-refractivity contribution in [3.8, 4) is 12.3 Å². The molecule has 1 unspecified atom stereocenters. The zero-order chi connectivity index (χ0) is 11.3. The Morgan fingerprint density at radius 2 is 2.33 bits per heavy atom. The molecule has 0 bridgehead atoms. The Hall–Kier alpha value is -1.50. The van der Waals surface area contributed by atoms with E-state index in [-0.39, 0.29) is 24.4 Å². The second kappa shape index (κ2) is 5.40. The molecule has 1 saturated heterocycles. The molecule has 1 fully saturated rings. The van der Waals surface area contributed by atoms with Gasteiger partial charge in [0.15, 0.2) is 0 Å². The number of nitrogens with zero attached hydrogens (tertiary/aromatic N) is 1. The maximum absolute atomic E-state index is 11.8. The van der Waals surface area contributed by atoms with Crippen LogP contribution < -0.4 is 5.32 Å². The van der Waals surface area contributed by atoms with Crippen molar-refractivity contribution in [3.05, 3.63) is 0 Å². The fourth-order valence-corrected chi connectivity index (χ4v) is 1.65. The molecule has 0 aromatic heterocycles. The van der Waals surface area contributed by atoms with Gasteiger partial charge in [-0.15, -0.1) is 12.3 Å². The number of hydrogen-bond donors (Lipinski definition) is 1. The zero-order valence-electron chi connectivity index (χ0n) is 8.95. The summed E-state index contributed by atoms with van der Waals surface area (Å²) in [5.41, 5.74) is 0. The molecule has 1 N–H and O–H groups in total. The van der Waals surface area contributed by atoms with Crippen LogP contribution in [-0.2, 0) is 9.59 Å². The Labute approximate surface area is 90.0 Å². The maximum atomic E-state index is 11.8. The number of terminal acetylenes is 1. The van der Waals surface area contributed by atoms with Crippen LogP contribution in [0.4, 0.5) is 0 Å². The van der Waals surface area contributed by atoms with E-state index in [2.05, 4.69) is 11.2 Å². The summed E-state index contributed by atoms with van der Waals surface area (Å²) in [5.74, 6) is 2.37. The highest BCUT2D eigenvalue weighted by Gasteiger charge is 2.31. The average Bonchev–Trinajstić information content (AvgIpc) is 2.21. The fraction of sp³-hybridized carbons (Fsp3) is 0.636. The van der Waals surface area contributed by atoms with E-state index in [0.717, 1.165) is 6.42 Å². The second-order valence-corrected chi connectivity index (χ2v) is 3.62. The van der Waals surface area contributed by atoms with Crippen LogP contribution in [0.15, 0.2) is 0 Å². The van der Waals surface area contributed by atoms with E-state index in [1.54, 1.807) is 4.90 Å². The Bertz CT molecular complexity index is 293. The van der Waals surface area contributed by atoms with Crippen molar-refractivity contribution in [2.45, 2.75) is 32.2 Å². The van der Waals surface area contributed by atoms with E-state index in [0.29, 0.717) is 19.4 Å². The maximum Gasteiger partial charge on any atom is 0.245 e. The second-order valence-electron chi connectivity index (χ2n) is 3.62. The minimum Gasteiger partial charge on any atom is -0.343 e. The van der Waals surface area contributed by atoms with Gasteiger partial charge in [-0.25, -0.2) is 0 Å². The summed E-state index contributed by atoms with van der Waals surface area (Å²) in [5, 5.41) is 2.69. The van der Waals surface area contributed by atoms with Crippen LogP contribution in [0.1, 0.15) is 26.2 Å². The van der Waals surface area contributed by atoms with Gasteiger partial charge in [-0.1, -0.05) is 13.3 Å². The molecule has 0 aromatic rings. The number of rotatable bonds is 4. The first-order valence-electron chi connectivity index (χ1n) is 5.20. The summed E-state index contributed by atoms with van der Waals surface area (Å²) in [7, 11) is 0. The first-order chi connectivity index (χ1) is 7.19. The van der Waals surface area contributed by atoms with Gasteiger partial charge in [0.05, 0.1) is 6.54 Å². The van der Waals surface area contributed by atoms with Gasteiger partial charge in [-0.3, -0.25) is 9.59 Å². The third-order valence-electron chi connectivity index (χ3n) is 2.38. The Kier molecular flexibility index (Phi) is 4.17. The lowest BCUT2D eigenvalue weighted by Crippen LogP contribution is -2.57. The number of piperazine rings is 1. The SMILES string of the molecule is C#CCCN1CC(=O)NC(CCC)C1=O. The van der Waals surface area contributed by atoms with E-state index in [4.69, 9.17) is 6.42 Å². The van der Waals surface area contributed by atoms with Crippen molar-refractivity contribution < 1.29 is 9.59 Å². The van der Waals surface area contributed by atoms with Crippen molar-refractivity contribution in [2.24, 2.45) is 0 Å². The number of amides is 2. The lowest BCUT2D eigenvalue weighted by atomic mass is 10.1. The van der Waals surface area contributed by atoms with Crippen LogP contribution in [0.3, 0.4) is 0 Å². The first-order valence-corrected chi connectivity index (χ1v) is 5.20. The summed E-state index contributed by atoms with van der Waals surface area (Å²) >= 11 is 0. The molecule has 0 saturated carbocycles. The topological polar surface area (TPSA) is 49.4 Å². The summed E-state index contributed by atoms with van der Waals surface area (Å²) in [6.45, 7) is 2.60. The molecule has 15 heavy (non-hydrogen) atoms. The van der Waals surface area contributed by atoms with Crippen LogP contribution in [0.2, 0.25) is 0 Å². The molecule has 1 heterocycles. The molecule has 0 aliphatic carbocycles. The smallest absolute Gasteiger partial charge is 0.245 e. The Morgan fingerprint density at radius 3 is 2.93 bits per heavy atom. The third kappa shape index (κ3) is 2.98. The standard InChI is InChI=1S/C11H16N2O2/c1-3-5-7-13-8-10(14)12-9(6-4-2)11(13)15/h1,9H,4-8H2,2H3,(H,12,14). The van der Waals surface area contributed by atoms with E-state index in [1.807, 2.05) is 6.92 Å². The highest BCUT2D eigenvalue weighted by molar-refractivity contribution is 5.94. The molecular formula is C11H16N2O2. The predicted octanol–water partition coefficient (Wildman–Crippen LogP) is 0.137. The molecule has 1 aliphatic rings. The molecule has 1 rings (SSSR count). The van der Waals surface area contributed by atoms with Gasteiger partial charge >= 0.3 is 0 Å². The summed E-state index contributed by atoms with van der Waals surface area (Å²) in [6, 6.07) is -0.353. The molecule has 0 aromatic carbocycles. The van der Waals surface area contributed by atoms with Crippen molar-refractivity contribution in [1.29, 1.82) is 0 Å². The summed E-state index contributed by atoms with van der Waals surface area (Å²) < 4.78 is 0. The van der Waals surface area contributed by atoms with E-state index in [9.17, 15) is 9.59 Å². The minimum absolute atomic E-state index is 0.00769. The molecule has 4 heteroatoms. The van der Waals surface area contributed by atoms with Gasteiger partial charge in [-0.2, -0.15) is 0 Å². The molecule has 0 spiro atoms. The molecular weight excluding hydrogens is 192 g/mol. The van der Waals surface area contributed by atoms with Crippen LogP contribution in [-0.4, -0.2) is 35.8 Å². The average molecular weight is 208 g/mol. The number of hydrogen-bond acceptors (Lipinski definition) is 2. The van der Waals surface area contributed by atoms with Crippen LogP contribution in [0.25, 0.3) is 0 Å². The van der Waals surface area contributed by atoms with Crippen LogP contribution >= 0.6 is 0 Å². The van der Waals surface area contributed by atoms with E-state index < -0.39 is 0 Å². The van der Waals surface area contributed by atoms with Crippen LogP contribution in [0.5, 0.6) is 0 Å². The summed E-state index contributed by atoms with van der Waals surface area (Å²) in [6.07, 6.45) is 7.19. The van der Waals surface area contributed by atoms with Gasteiger partial charge in [0.1, 0.15) is 6.04 Å². The van der Waals surface area contributed by atoms with Gasteiger partial charge in [-0.05, 0) is 6.42 Å². The number of nitrogens with one attached hydrogen (secondary N) is 1. The molecule has 0 radical (unpaired) electrons. The zero-order valence-corrected chi connectivity index (χ0v) is 8.95. The van der Waals surface area contributed by atoms with Crippen LogP contribution in [0, 0.1) is 12.3 Å². The summed E-state index contributed by atoms with van der Waals surface area (Å²) in [4.78, 5) is 24.7. The van der Waals surface area contributed by atoms with Crippen molar-refractivity contribution in [2.75, 3.05) is 13.1 Å². The van der Waals surface area contributed by atoms with Crippen molar-refractivity contribution in [1.82, 2.24) is 10.2 Å². The molecule has 1 atom stereocenters. The fourth-order valence-electron chi connectivity index (χ4n) is 1.65. The molecule has 4 nitrogen and oxygen atoms in total. The van der Waals surface area contributed by atoms with E-state index in [1.165, 1.54) is 0 Å². The number of carbonyl (C=O) groups excluding carboxylic acids is 2. The van der Waals surface area contributed by atoms with Gasteiger partial charge in [0, 0.05) is 13.0 Å². The highest BCUT2D eigenvalue weighted by atomic mass is 16.2. The molecule has 82 valence electrons. The lowest BCUT2D eigenvalue weighted by molar-refractivity contribution is -0.144. The van der Waals surface area contributed by atoms with Gasteiger partial charge in [0.2, 0.25) is 11.8 Å². The first kappa shape index (κ1) is 11.6. The third-order valence-corrected chi connectivity index (χ3v) is 2.38. The molecule has 1 aliphatic heterocycles. The highest BCUT2D eigenvalue weighted by Crippen LogP contribution is 2.07. The van der Waals surface area contributed by atoms with Gasteiger partial charge < -0.3 is 10.2 Å².